The standard InChI is InChI=1S/C48H38N2O/c1-2-12-31(13-3-1)32-24-26-46-41(28-32)42-29-33(25-27-47(42)51-46)36-19-11-20-40-39-18-6-9-23-45(39)50(48(36)40)35-15-10-14-34(30-35)49-43-21-7-4-16-37(43)38-17-5-8-22-44(38)49/h1-7,9-12,14-21,23-31,39,41,45-46H,8,13,22H2. The summed E-state index contributed by atoms with van der Waals surface area (Å²) in [6, 6.07) is 32.1. The first-order valence-electron chi connectivity index (χ1n) is 18.5. The Labute approximate surface area is 299 Å². The lowest BCUT2D eigenvalue weighted by Crippen LogP contribution is -2.28. The third-order valence-corrected chi connectivity index (χ3v) is 11.8. The Balaban J connectivity index is 1.04. The van der Waals surface area contributed by atoms with Crippen molar-refractivity contribution >= 4 is 28.4 Å². The van der Waals surface area contributed by atoms with E-state index in [9.17, 15) is 0 Å². The molecule has 3 heterocycles. The Hall–Kier alpha value is -5.80. The number of nitrogens with zero attached hydrogens (tertiary/aromatic N) is 2. The number of allylic oxidation sites excluding steroid dienone is 9. The second kappa shape index (κ2) is 11.4. The normalized spacial score (nSPS) is 24.6. The highest BCUT2D eigenvalue weighted by Gasteiger charge is 2.40. The lowest BCUT2D eigenvalue weighted by molar-refractivity contribution is 0.268. The van der Waals surface area contributed by atoms with Crippen molar-refractivity contribution in [2.24, 2.45) is 5.92 Å². The third kappa shape index (κ3) is 4.44. The third-order valence-electron chi connectivity index (χ3n) is 11.8. The van der Waals surface area contributed by atoms with Crippen molar-refractivity contribution in [1.29, 1.82) is 0 Å². The number of rotatable bonds is 4. The predicted octanol–water partition coefficient (Wildman–Crippen LogP) is 11.5. The highest BCUT2D eigenvalue weighted by atomic mass is 16.5. The molecule has 0 amide bonds. The molecule has 0 bridgehead atoms. The van der Waals surface area contributed by atoms with Crippen LogP contribution in [-0.2, 0) is 6.42 Å². The number of hydrogen-bond acceptors (Lipinski definition) is 2. The number of hydrogen-bond donors (Lipinski definition) is 0. The lowest BCUT2D eigenvalue weighted by Gasteiger charge is -2.30. The summed E-state index contributed by atoms with van der Waals surface area (Å²) in [4.78, 5) is 2.60. The van der Waals surface area contributed by atoms with E-state index in [2.05, 4.69) is 173 Å². The maximum atomic E-state index is 6.52. The van der Waals surface area contributed by atoms with Gasteiger partial charge in [-0.25, -0.2) is 0 Å². The van der Waals surface area contributed by atoms with Gasteiger partial charge in [0.05, 0.1) is 17.2 Å². The smallest absolute Gasteiger partial charge is 0.128 e. The van der Waals surface area contributed by atoms with E-state index >= 15 is 0 Å². The molecule has 0 fully saturated rings. The summed E-state index contributed by atoms with van der Waals surface area (Å²) in [5, 5.41) is 1.33. The molecule has 0 spiro atoms. The molecule has 11 rings (SSSR count). The van der Waals surface area contributed by atoms with Crippen molar-refractivity contribution in [3.63, 3.8) is 0 Å². The van der Waals surface area contributed by atoms with Gasteiger partial charge in [0.2, 0.25) is 0 Å². The molecular weight excluding hydrogens is 621 g/mol. The maximum Gasteiger partial charge on any atom is 0.128 e. The van der Waals surface area contributed by atoms with E-state index in [-0.39, 0.29) is 24.0 Å². The summed E-state index contributed by atoms with van der Waals surface area (Å²) < 4.78 is 9.02. The van der Waals surface area contributed by atoms with Gasteiger partial charge in [-0.15, -0.1) is 0 Å². The predicted molar refractivity (Wildman–Crippen MR) is 210 cm³/mol. The van der Waals surface area contributed by atoms with Crippen LogP contribution < -0.4 is 9.64 Å². The van der Waals surface area contributed by atoms with E-state index in [0.29, 0.717) is 5.92 Å². The molecule has 5 atom stereocenters. The minimum atomic E-state index is 0.0481. The topological polar surface area (TPSA) is 17.4 Å². The molecule has 0 N–H and O–H groups in total. The van der Waals surface area contributed by atoms with Crippen LogP contribution in [0.5, 0.6) is 5.75 Å². The number of aromatic nitrogens is 1. The molecule has 4 aromatic carbocycles. The zero-order valence-electron chi connectivity index (χ0n) is 28.4. The van der Waals surface area contributed by atoms with Crippen molar-refractivity contribution in [3.05, 3.63) is 186 Å². The van der Waals surface area contributed by atoms with Gasteiger partial charge in [-0.05, 0) is 78.4 Å². The van der Waals surface area contributed by atoms with Crippen LogP contribution in [0.2, 0.25) is 0 Å². The van der Waals surface area contributed by atoms with Crippen LogP contribution in [0.25, 0.3) is 33.8 Å². The van der Waals surface area contributed by atoms with E-state index in [0.717, 1.165) is 25.0 Å². The molecule has 1 aromatic heterocycles. The minimum Gasteiger partial charge on any atom is -0.485 e. The van der Waals surface area contributed by atoms with Crippen molar-refractivity contribution < 1.29 is 4.74 Å². The van der Waals surface area contributed by atoms with Crippen LogP contribution >= 0.6 is 0 Å². The van der Waals surface area contributed by atoms with Gasteiger partial charge < -0.3 is 14.2 Å². The van der Waals surface area contributed by atoms with Crippen LogP contribution in [0.4, 0.5) is 11.4 Å². The number of benzene rings is 4. The molecule has 2 aliphatic heterocycles. The van der Waals surface area contributed by atoms with Crippen LogP contribution in [0.15, 0.2) is 163 Å². The Morgan fingerprint density at radius 2 is 1.59 bits per heavy atom. The van der Waals surface area contributed by atoms with Gasteiger partial charge in [-0.3, -0.25) is 0 Å². The lowest BCUT2D eigenvalue weighted by atomic mass is 9.82. The van der Waals surface area contributed by atoms with E-state index in [1.165, 1.54) is 67.0 Å². The second-order valence-corrected chi connectivity index (χ2v) is 14.6. The van der Waals surface area contributed by atoms with Crippen molar-refractivity contribution in [3.8, 4) is 22.6 Å². The first-order valence-corrected chi connectivity index (χ1v) is 18.5. The molecule has 6 aliphatic rings. The minimum absolute atomic E-state index is 0.0481. The van der Waals surface area contributed by atoms with Gasteiger partial charge in [0.15, 0.2) is 0 Å². The Morgan fingerprint density at radius 3 is 2.55 bits per heavy atom. The maximum absolute atomic E-state index is 6.52. The summed E-state index contributed by atoms with van der Waals surface area (Å²) in [7, 11) is 0. The Kier molecular flexibility index (Phi) is 6.46. The van der Waals surface area contributed by atoms with Crippen LogP contribution in [0, 0.1) is 5.92 Å². The van der Waals surface area contributed by atoms with E-state index in [4.69, 9.17) is 4.74 Å². The van der Waals surface area contributed by atoms with E-state index < -0.39 is 0 Å². The molecule has 4 aliphatic carbocycles. The molecular formula is C48H38N2O. The van der Waals surface area contributed by atoms with Crippen LogP contribution in [0.1, 0.15) is 47.1 Å². The van der Waals surface area contributed by atoms with E-state index in [1.807, 2.05) is 0 Å². The van der Waals surface area contributed by atoms with Crippen molar-refractivity contribution in [2.75, 3.05) is 4.90 Å². The summed E-state index contributed by atoms with van der Waals surface area (Å²) in [5.74, 6) is 1.93. The van der Waals surface area contributed by atoms with Gasteiger partial charge in [0, 0.05) is 56.9 Å². The van der Waals surface area contributed by atoms with Crippen LogP contribution in [0.3, 0.4) is 0 Å². The van der Waals surface area contributed by atoms with Gasteiger partial charge in [0.25, 0.3) is 0 Å². The molecule has 0 radical (unpaired) electrons. The number of anilines is 2. The SMILES string of the molecule is C1=CCC(C2=CC3c4cc(-c5cccc6c5N(c5cccc(-n7c8c(c9ccccc97)C=CCC8)c5)C5C=CC=CC65)ccc4OC3C=C2)C=C1. The Morgan fingerprint density at radius 1 is 0.686 bits per heavy atom. The molecule has 5 aromatic rings. The average Bonchev–Trinajstić information content (AvgIpc) is 3.85. The van der Waals surface area contributed by atoms with Crippen molar-refractivity contribution in [1.82, 2.24) is 4.57 Å². The first kappa shape index (κ1) is 29.0. The second-order valence-electron chi connectivity index (χ2n) is 14.6. The van der Waals surface area contributed by atoms with E-state index in [1.54, 1.807) is 0 Å². The molecule has 5 unspecified atom stereocenters. The molecule has 3 heteroatoms. The van der Waals surface area contributed by atoms with Crippen LogP contribution in [-0.4, -0.2) is 16.7 Å². The zero-order chi connectivity index (χ0) is 33.5. The van der Waals surface area contributed by atoms with Gasteiger partial charge in [0.1, 0.15) is 11.9 Å². The largest absolute Gasteiger partial charge is 0.485 e. The fraction of sp³-hybridized carbons (Fsp3) is 0.167. The molecule has 51 heavy (non-hydrogen) atoms. The van der Waals surface area contributed by atoms with Gasteiger partial charge >= 0.3 is 0 Å². The Bertz CT molecular complexity index is 2480. The summed E-state index contributed by atoms with van der Waals surface area (Å²) in [5.41, 5.74) is 14.3. The van der Waals surface area contributed by atoms with Crippen molar-refractivity contribution in [2.45, 2.75) is 43.2 Å². The summed E-state index contributed by atoms with van der Waals surface area (Å²) >= 11 is 0. The number of fused-ring (bicyclic) bond motifs is 9. The fourth-order valence-corrected chi connectivity index (χ4v) is 9.53. The quantitative estimate of drug-likeness (QED) is 0.191. The molecule has 0 saturated heterocycles. The molecule has 3 nitrogen and oxygen atoms in total. The number of para-hydroxylation sites is 2. The summed E-state index contributed by atoms with van der Waals surface area (Å²) in [6.45, 7) is 0. The molecule has 0 saturated carbocycles. The highest BCUT2D eigenvalue weighted by Crippen LogP contribution is 2.53. The zero-order valence-corrected chi connectivity index (χ0v) is 28.4. The highest BCUT2D eigenvalue weighted by molar-refractivity contribution is 5.94. The number of ether oxygens (including phenoxy) is 1. The molecule has 246 valence electrons. The average molecular weight is 659 g/mol. The van der Waals surface area contributed by atoms with Gasteiger partial charge in [-0.1, -0.05) is 121 Å². The fourth-order valence-electron chi connectivity index (χ4n) is 9.53. The van der Waals surface area contributed by atoms with Gasteiger partial charge in [-0.2, -0.15) is 0 Å². The monoisotopic (exact) mass is 658 g/mol. The first-order chi connectivity index (χ1) is 25.3. The summed E-state index contributed by atoms with van der Waals surface area (Å²) in [6.07, 6.45) is 33.0.